The lowest BCUT2D eigenvalue weighted by molar-refractivity contribution is -0.147. The Hall–Kier alpha value is -1.07. The Morgan fingerprint density at radius 2 is 2.26 bits per heavy atom. The van der Waals surface area contributed by atoms with E-state index in [-0.39, 0.29) is 6.61 Å². The van der Waals surface area contributed by atoms with Crippen LogP contribution in [0, 0.1) is 0 Å². The Labute approximate surface area is 120 Å². The van der Waals surface area contributed by atoms with Crippen LogP contribution in [0.2, 0.25) is 0 Å². The number of benzene rings is 1. The Balaban J connectivity index is 2.20. The number of carboxylic acids is 1. The second kappa shape index (κ2) is 6.39. The van der Waals surface area contributed by atoms with E-state index in [2.05, 4.69) is 15.9 Å². The van der Waals surface area contributed by atoms with E-state index in [1.54, 1.807) is 0 Å². The molecule has 1 aliphatic rings. The van der Waals surface area contributed by atoms with Gasteiger partial charge < -0.3 is 14.6 Å². The molecular weight excluding hydrogens is 312 g/mol. The fourth-order valence-corrected chi connectivity index (χ4v) is 2.50. The van der Waals surface area contributed by atoms with E-state index in [1.165, 1.54) is 13.5 Å². The average Bonchev–Trinajstić information content (AvgIpc) is 2.29. The summed E-state index contributed by atoms with van der Waals surface area (Å²) in [6, 6.07) is 5.71. The van der Waals surface area contributed by atoms with E-state index in [4.69, 9.17) is 14.6 Å². The maximum atomic E-state index is 11.1. The van der Waals surface area contributed by atoms with Gasteiger partial charge in [0.15, 0.2) is 0 Å². The first-order valence-corrected chi connectivity index (χ1v) is 7.09. The van der Waals surface area contributed by atoms with Gasteiger partial charge in [-0.05, 0) is 42.5 Å². The SMILES string of the molecule is COC[C@@H](Oc1ccc(Br)cc1C1CCC1)C(=O)O. The van der Waals surface area contributed by atoms with Gasteiger partial charge in [-0.2, -0.15) is 0 Å². The highest BCUT2D eigenvalue weighted by Gasteiger charge is 2.26. The first kappa shape index (κ1) is 14.3. The summed E-state index contributed by atoms with van der Waals surface area (Å²) in [5.41, 5.74) is 1.09. The molecule has 5 heteroatoms. The first-order chi connectivity index (χ1) is 9.11. The van der Waals surface area contributed by atoms with Gasteiger partial charge in [-0.1, -0.05) is 22.4 Å². The minimum atomic E-state index is -1.01. The molecule has 104 valence electrons. The molecule has 0 spiro atoms. The third kappa shape index (κ3) is 3.48. The Morgan fingerprint density at radius 3 is 2.79 bits per heavy atom. The fraction of sp³-hybridized carbons (Fsp3) is 0.500. The number of carboxylic acid groups (broad SMARTS) is 1. The van der Waals surface area contributed by atoms with Crippen molar-refractivity contribution in [2.24, 2.45) is 0 Å². The number of hydrogen-bond donors (Lipinski definition) is 1. The predicted octanol–water partition coefficient (Wildman–Crippen LogP) is 3.20. The van der Waals surface area contributed by atoms with Crippen molar-refractivity contribution < 1.29 is 19.4 Å². The fourth-order valence-electron chi connectivity index (χ4n) is 2.13. The normalized spacial score (nSPS) is 16.7. The molecular formula is C14H17BrO4. The summed E-state index contributed by atoms with van der Waals surface area (Å²) in [7, 11) is 1.47. The van der Waals surface area contributed by atoms with Crippen LogP contribution >= 0.6 is 15.9 Å². The van der Waals surface area contributed by atoms with E-state index >= 15 is 0 Å². The largest absolute Gasteiger partial charge is 0.478 e. The smallest absolute Gasteiger partial charge is 0.347 e. The lowest BCUT2D eigenvalue weighted by Crippen LogP contribution is -2.32. The van der Waals surface area contributed by atoms with Crippen molar-refractivity contribution in [1.29, 1.82) is 0 Å². The molecule has 1 N–H and O–H groups in total. The summed E-state index contributed by atoms with van der Waals surface area (Å²) in [6.45, 7) is 0.0372. The molecule has 0 saturated heterocycles. The molecule has 0 heterocycles. The quantitative estimate of drug-likeness (QED) is 0.871. The van der Waals surface area contributed by atoms with Crippen LogP contribution in [0.4, 0.5) is 0 Å². The molecule has 0 amide bonds. The van der Waals surface area contributed by atoms with E-state index in [0.29, 0.717) is 11.7 Å². The van der Waals surface area contributed by atoms with Crippen LogP contribution in [0.3, 0.4) is 0 Å². The third-order valence-corrected chi connectivity index (χ3v) is 3.87. The Kier molecular flexibility index (Phi) is 4.82. The summed E-state index contributed by atoms with van der Waals surface area (Å²) in [6.07, 6.45) is 2.52. The molecule has 1 fully saturated rings. The van der Waals surface area contributed by atoms with Crippen molar-refractivity contribution in [3.63, 3.8) is 0 Å². The molecule has 1 aromatic carbocycles. The van der Waals surface area contributed by atoms with Crippen molar-refractivity contribution in [3.05, 3.63) is 28.2 Å². The van der Waals surface area contributed by atoms with Gasteiger partial charge in [0.25, 0.3) is 0 Å². The summed E-state index contributed by atoms with van der Waals surface area (Å²) in [5, 5.41) is 9.11. The number of hydrogen-bond acceptors (Lipinski definition) is 3. The maximum Gasteiger partial charge on any atom is 0.347 e. The molecule has 0 radical (unpaired) electrons. The molecule has 2 rings (SSSR count). The van der Waals surface area contributed by atoms with Crippen molar-refractivity contribution >= 4 is 21.9 Å². The Bertz CT molecular complexity index is 457. The molecule has 1 atom stereocenters. The number of halogens is 1. The number of methoxy groups -OCH3 is 1. The van der Waals surface area contributed by atoms with Crippen LogP contribution in [0.15, 0.2) is 22.7 Å². The van der Waals surface area contributed by atoms with E-state index in [0.717, 1.165) is 22.9 Å². The molecule has 0 unspecified atom stereocenters. The summed E-state index contributed by atoms with van der Waals surface area (Å²) < 4.78 is 11.5. The number of rotatable bonds is 6. The van der Waals surface area contributed by atoms with E-state index < -0.39 is 12.1 Å². The lowest BCUT2D eigenvalue weighted by atomic mass is 9.80. The van der Waals surface area contributed by atoms with Crippen molar-refractivity contribution in [1.82, 2.24) is 0 Å². The lowest BCUT2D eigenvalue weighted by Gasteiger charge is -2.28. The summed E-state index contributed by atoms with van der Waals surface area (Å²) in [5.74, 6) is 0.117. The topological polar surface area (TPSA) is 55.8 Å². The van der Waals surface area contributed by atoms with Crippen molar-refractivity contribution in [2.45, 2.75) is 31.3 Å². The average molecular weight is 329 g/mol. The van der Waals surface area contributed by atoms with Crippen LogP contribution < -0.4 is 4.74 Å². The van der Waals surface area contributed by atoms with Crippen LogP contribution in [0.5, 0.6) is 5.75 Å². The van der Waals surface area contributed by atoms with Crippen LogP contribution in [0.1, 0.15) is 30.7 Å². The monoisotopic (exact) mass is 328 g/mol. The van der Waals surface area contributed by atoms with E-state index in [1.807, 2.05) is 18.2 Å². The summed E-state index contributed by atoms with van der Waals surface area (Å²) >= 11 is 3.45. The van der Waals surface area contributed by atoms with Crippen LogP contribution in [0.25, 0.3) is 0 Å². The van der Waals surface area contributed by atoms with Gasteiger partial charge >= 0.3 is 5.97 Å². The standard InChI is InChI=1S/C14H17BrO4/c1-18-8-13(14(16)17)19-12-6-5-10(15)7-11(12)9-3-2-4-9/h5-7,9,13H,2-4,8H2,1H3,(H,16,17)/t13-/m1/s1. The van der Waals surface area contributed by atoms with Gasteiger partial charge in [0.2, 0.25) is 6.10 Å². The second-order valence-electron chi connectivity index (χ2n) is 4.71. The number of aliphatic carboxylic acids is 1. The molecule has 0 aromatic heterocycles. The van der Waals surface area contributed by atoms with Gasteiger partial charge in [0, 0.05) is 11.6 Å². The molecule has 0 aliphatic heterocycles. The zero-order valence-corrected chi connectivity index (χ0v) is 12.4. The third-order valence-electron chi connectivity index (χ3n) is 3.38. The minimum absolute atomic E-state index is 0.0372. The molecule has 4 nitrogen and oxygen atoms in total. The van der Waals surface area contributed by atoms with Gasteiger partial charge in [-0.3, -0.25) is 0 Å². The molecule has 0 bridgehead atoms. The van der Waals surface area contributed by atoms with Crippen LogP contribution in [-0.2, 0) is 9.53 Å². The highest BCUT2D eigenvalue weighted by molar-refractivity contribution is 9.10. The molecule has 19 heavy (non-hydrogen) atoms. The van der Waals surface area contributed by atoms with Gasteiger partial charge in [-0.15, -0.1) is 0 Å². The zero-order valence-electron chi connectivity index (χ0n) is 10.8. The van der Waals surface area contributed by atoms with Gasteiger partial charge in [0.1, 0.15) is 5.75 Å². The van der Waals surface area contributed by atoms with Gasteiger partial charge in [0.05, 0.1) is 6.61 Å². The highest BCUT2D eigenvalue weighted by Crippen LogP contribution is 2.42. The van der Waals surface area contributed by atoms with E-state index in [9.17, 15) is 4.79 Å². The maximum absolute atomic E-state index is 11.1. The summed E-state index contributed by atoms with van der Waals surface area (Å²) in [4.78, 5) is 11.1. The predicted molar refractivity (Wildman–Crippen MR) is 74.7 cm³/mol. The molecule has 1 aliphatic carbocycles. The minimum Gasteiger partial charge on any atom is -0.478 e. The van der Waals surface area contributed by atoms with Crippen LogP contribution in [-0.4, -0.2) is 30.9 Å². The number of carbonyl (C=O) groups is 1. The second-order valence-corrected chi connectivity index (χ2v) is 5.63. The highest BCUT2D eigenvalue weighted by atomic mass is 79.9. The van der Waals surface area contributed by atoms with Crippen molar-refractivity contribution in [3.8, 4) is 5.75 Å². The molecule has 1 aromatic rings. The van der Waals surface area contributed by atoms with Crippen molar-refractivity contribution in [2.75, 3.05) is 13.7 Å². The number of ether oxygens (including phenoxy) is 2. The van der Waals surface area contributed by atoms with Gasteiger partial charge in [-0.25, -0.2) is 4.79 Å². The first-order valence-electron chi connectivity index (χ1n) is 6.29. The zero-order chi connectivity index (χ0) is 13.8. The Morgan fingerprint density at radius 1 is 1.53 bits per heavy atom. The molecule has 1 saturated carbocycles.